The second-order valence-corrected chi connectivity index (χ2v) is 6.99. The number of nitrogens with zero attached hydrogens (tertiary/aromatic N) is 1. The van der Waals surface area contributed by atoms with Crippen molar-refractivity contribution in [2.24, 2.45) is 0 Å². The lowest BCUT2D eigenvalue weighted by Gasteiger charge is -2.24. The van der Waals surface area contributed by atoms with E-state index < -0.39 is 0 Å². The lowest BCUT2D eigenvalue weighted by atomic mass is 10.0. The predicted molar refractivity (Wildman–Crippen MR) is 96.6 cm³/mol. The number of benzene rings is 3. The zero-order valence-corrected chi connectivity index (χ0v) is 13.8. The monoisotopic (exact) mass is 337 g/mol. The van der Waals surface area contributed by atoms with Gasteiger partial charge in [0, 0.05) is 17.9 Å². The van der Waals surface area contributed by atoms with Gasteiger partial charge in [0.1, 0.15) is 11.2 Å². The van der Waals surface area contributed by atoms with Gasteiger partial charge in [-0.2, -0.15) is 0 Å². The molecule has 4 heteroatoms. The summed E-state index contributed by atoms with van der Waals surface area (Å²) in [6, 6.07) is 20.2. The number of halogens is 1. The van der Waals surface area contributed by atoms with Gasteiger partial charge in [-0.3, -0.25) is 4.79 Å². The summed E-state index contributed by atoms with van der Waals surface area (Å²) in [5.74, 6) is 0.665. The number of hydrogen-bond donors (Lipinski definition) is 0. The van der Waals surface area contributed by atoms with Crippen LogP contribution in [0.3, 0.4) is 0 Å². The van der Waals surface area contributed by atoms with Crippen molar-refractivity contribution in [3.8, 4) is 0 Å². The number of fused-ring (bicyclic) bond motifs is 1. The van der Waals surface area contributed by atoms with E-state index in [0.717, 1.165) is 27.7 Å². The Morgan fingerprint density at radius 1 is 1.00 bits per heavy atom. The summed E-state index contributed by atoms with van der Waals surface area (Å²) in [6.07, 6.45) is 0. The summed E-state index contributed by atoms with van der Waals surface area (Å²) in [7, 11) is 0. The van der Waals surface area contributed by atoms with E-state index in [1.54, 1.807) is 23.9 Å². The van der Waals surface area contributed by atoms with Crippen LogP contribution in [0.2, 0.25) is 0 Å². The average molecular weight is 337 g/mol. The Morgan fingerprint density at radius 2 is 1.75 bits per heavy atom. The highest BCUT2D eigenvalue weighted by Crippen LogP contribution is 2.39. The summed E-state index contributed by atoms with van der Waals surface area (Å²) in [4.78, 5) is 15.0. The molecule has 120 valence electrons. The molecule has 3 aromatic carbocycles. The molecule has 1 amide bonds. The zero-order valence-electron chi connectivity index (χ0n) is 13.0. The Bertz CT molecular complexity index is 888. The van der Waals surface area contributed by atoms with Crippen molar-refractivity contribution >= 4 is 28.4 Å². The highest BCUT2D eigenvalue weighted by molar-refractivity contribution is 7.99. The van der Waals surface area contributed by atoms with Crippen LogP contribution in [0.4, 0.5) is 4.39 Å². The molecule has 24 heavy (non-hydrogen) atoms. The molecule has 0 spiro atoms. The minimum atomic E-state index is -0.256. The van der Waals surface area contributed by atoms with Gasteiger partial charge < -0.3 is 4.90 Å². The van der Waals surface area contributed by atoms with Gasteiger partial charge in [0.2, 0.25) is 0 Å². The molecule has 2 nitrogen and oxygen atoms in total. The first-order valence-corrected chi connectivity index (χ1v) is 8.95. The second-order valence-electron chi connectivity index (χ2n) is 5.80. The van der Waals surface area contributed by atoms with E-state index in [2.05, 4.69) is 0 Å². The average Bonchev–Trinajstić information content (AvgIpc) is 3.11. The van der Waals surface area contributed by atoms with Crippen molar-refractivity contribution in [1.82, 2.24) is 4.90 Å². The van der Waals surface area contributed by atoms with E-state index in [0.29, 0.717) is 6.54 Å². The summed E-state index contributed by atoms with van der Waals surface area (Å²) in [5, 5.41) is 1.98. The lowest BCUT2D eigenvalue weighted by molar-refractivity contribution is 0.0762. The maximum atomic E-state index is 13.2. The molecule has 1 saturated heterocycles. The van der Waals surface area contributed by atoms with Crippen LogP contribution in [0, 0.1) is 5.82 Å². The van der Waals surface area contributed by atoms with Gasteiger partial charge >= 0.3 is 0 Å². The summed E-state index contributed by atoms with van der Waals surface area (Å²) in [6.45, 7) is 0.703. The van der Waals surface area contributed by atoms with Crippen molar-refractivity contribution in [2.75, 3.05) is 12.3 Å². The Kier molecular flexibility index (Phi) is 3.98. The van der Waals surface area contributed by atoms with Crippen LogP contribution < -0.4 is 0 Å². The Hall–Kier alpha value is -2.33. The quantitative estimate of drug-likeness (QED) is 0.665. The van der Waals surface area contributed by atoms with Gasteiger partial charge in [-0.25, -0.2) is 4.39 Å². The van der Waals surface area contributed by atoms with Gasteiger partial charge in [-0.1, -0.05) is 48.5 Å². The molecule has 1 heterocycles. The minimum Gasteiger partial charge on any atom is -0.322 e. The van der Waals surface area contributed by atoms with Gasteiger partial charge in [0.25, 0.3) is 5.91 Å². The third kappa shape index (κ3) is 2.67. The summed E-state index contributed by atoms with van der Waals surface area (Å²) < 4.78 is 13.2. The van der Waals surface area contributed by atoms with Crippen LogP contribution >= 0.6 is 11.8 Å². The Labute approximate surface area is 144 Å². The molecule has 0 bridgehead atoms. The Balaban J connectivity index is 1.71. The molecule has 3 aromatic rings. The third-order valence-corrected chi connectivity index (χ3v) is 5.59. The first-order chi connectivity index (χ1) is 11.7. The van der Waals surface area contributed by atoms with E-state index in [1.165, 1.54) is 12.1 Å². The Morgan fingerprint density at radius 3 is 2.58 bits per heavy atom. The van der Waals surface area contributed by atoms with Gasteiger partial charge in [0.15, 0.2) is 0 Å². The van der Waals surface area contributed by atoms with Crippen LogP contribution in [-0.2, 0) is 0 Å². The molecule has 1 fully saturated rings. The van der Waals surface area contributed by atoms with Crippen LogP contribution in [0.5, 0.6) is 0 Å². The molecule has 1 aliphatic heterocycles. The van der Waals surface area contributed by atoms with E-state index in [4.69, 9.17) is 0 Å². The number of carbonyl (C=O) groups is 1. The van der Waals surface area contributed by atoms with Crippen molar-refractivity contribution < 1.29 is 9.18 Å². The van der Waals surface area contributed by atoms with E-state index in [-0.39, 0.29) is 17.1 Å². The van der Waals surface area contributed by atoms with E-state index in [9.17, 15) is 9.18 Å². The van der Waals surface area contributed by atoms with Gasteiger partial charge in [0.05, 0.1) is 0 Å². The molecule has 0 saturated carbocycles. The molecule has 0 N–H and O–H groups in total. The first kappa shape index (κ1) is 15.2. The fourth-order valence-electron chi connectivity index (χ4n) is 3.15. The van der Waals surface area contributed by atoms with E-state index >= 15 is 0 Å². The van der Waals surface area contributed by atoms with E-state index in [1.807, 2.05) is 47.4 Å². The topological polar surface area (TPSA) is 20.3 Å². The normalized spacial score (nSPS) is 17.4. The SMILES string of the molecule is O=C(c1cccc2ccccc12)N1CCSC1c1ccc(F)cc1. The minimum absolute atomic E-state index is 0.0334. The molecular formula is C20H16FNOS. The molecule has 0 radical (unpaired) electrons. The smallest absolute Gasteiger partial charge is 0.255 e. The predicted octanol–water partition coefficient (Wildman–Crippen LogP) is 4.87. The summed E-state index contributed by atoms with van der Waals surface area (Å²) >= 11 is 1.72. The van der Waals surface area contributed by atoms with Crippen LogP contribution in [0.25, 0.3) is 10.8 Å². The number of rotatable bonds is 2. The number of hydrogen-bond acceptors (Lipinski definition) is 2. The highest BCUT2D eigenvalue weighted by atomic mass is 32.2. The maximum Gasteiger partial charge on any atom is 0.255 e. The number of thioether (sulfide) groups is 1. The fourth-order valence-corrected chi connectivity index (χ4v) is 4.40. The van der Waals surface area contributed by atoms with Crippen LogP contribution in [0.15, 0.2) is 66.7 Å². The maximum absolute atomic E-state index is 13.2. The first-order valence-electron chi connectivity index (χ1n) is 7.90. The molecule has 0 aliphatic carbocycles. The summed E-state index contributed by atoms with van der Waals surface area (Å²) in [5.41, 5.74) is 1.69. The zero-order chi connectivity index (χ0) is 16.5. The van der Waals surface area contributed by atoms with Crippen LogP contribution in [0.1, 0.15) is 21.3 Å². The molecule has 0 aromatic heterocycles. The largest absolute Gasteiger partial charge is 0.322 e. The highest BCUT2D eigenvalue weighted by Gasteiger charge is 2.31. The molecular weight excluding hydrogens is 321 g/mol. The number of amides is 1. The molecule has 1 atom stereocenters. The van der Waals surface area contributed by atoms with Gasteiger partial charge in [-0.15, -0.1) is 11.8 Å². The van der Waals surface area contributed by atoms with Crippen molar-refractivity contribution in [1.29, 1.82) is 0 Å². The molecule has 1 aliphatic rings. The molecule has 4 rings (SSSR count). The standard InChI is InChI=1S/C20H16FNOS/c21-16-10-8-15(9-11-16)20-22(12-13-24-20)19(23)18-7-3-5-14-4-1-2-6-17(14)18/h1-11,20H,12-13H2. The fraction of sp³-hybridized carbons (Fsp3) is 0.150. The van der Waals surface area contributed by atoms with Gasteiger partial charge in [-0.05, 0) is 34.5 Å². The molecule has 1 unspecified atom stereocenters. The number of carbonyl (C=O) groups excluding carboxylic acids is 1. The second kappa shape index (κ2) is 6.29. The van der Waals surface area contributed by atoms with Crippen molar-refractivity contribution in [2.45, 2.75) is 5.37 Å². The third-order valence-electron chi connectivity index (χ3n) is 4.33. The van der Waals surface area contributed by atoms with Crippen molar-refractivity contribution in [3.05, 3.63) is 83.7 Å². The van der Waals surface area contributed by atoms with Crippen molar-refractivity contribution in [3.63, 3.8) is 0 Å². The lowest BCUT2D eigenvalue weighted by Crippen LogP contribution is -2.30. The van der Waals surface area contributed by atoms with Crippen LogP contribution in [-0.4, -0.2) is 23.1 Å².